The highest BCUT2D eigenvalue weighted by molar-refractivity contribution is 4.83. The van der Waals surface area contributed by atoms with Gasteiger partial charge in [0.15, 0.2) is 0 Å². The lowest BCUT2D eigenvalue weighted by atomic mass is 10.1. The van der Waals surface area contributed by atoms with Gasteiger partial charge in [0.2, 0.25) is 0 Å². The van der Waals surface area contributed by atoms with Crippen LogP contribution in [0.2, 0.25) is 0 Å². The maximum absolute atomic E-state index is 8.72. The Kier molecular flexibility index (Phi) is 5.64. The maximum Gasteiger partial charge on any atom is 0.110 e. The van der Waals surface area contributed by atoms with Gasteiger partial charge in [-0.3, -0.25) is 0 Å². The Hall–Kier alpha value is -0.540. The fourth-order valence-electron chi connectivity index (χ4n) is 1.55. The zero-order valence-corrected chi connectivity index (χ0v) is 8.91. The summed E-state index contributed by atoms with van der Waals surface area (Å²) in [6.45, 7) is 4.31. The Balaban J connectivity index is 2.00. The standard InChI is InChI=1S/C11H21NO2/c1-10(5-6-13)8-12-9-11-4-2-3-7-14-11/h3,7,10-13H,2,4-6,8-9H2,1H3. The molecule has 0 saturated heterocycles. The summed E-state index contributed by atoms with van der Waals surface area (Å²) in [5.41, 5.74) is 0. The first kappa shape index (κ1) is 11.5. The van der Waals surface area contributed by atoms with Gasteiger partial charge in [-0.25, -0.2) is 0 Å². The molecule has 1 rings (SSSR count). The molecule has 3 nitrogen and oxygen atoms in total. The number of ether oxygens (including phenoxy) is 1. The van der Waals surface area contributed by atoms with Crippen LogP contribution in [0.3, 0.4) is 0 Å². The van der Waals surface area contributed by atoms with Crippen LogP contribution in [0.25, 0.3) is 0 Å². The van der Waals surface area contributed by atoms with E-state index in [-0.39, 0.29) is 6.61 Å². The van der Waals surface area contributed by atoms with Crippen LogP contribution in [0.4, 0.5) is 0 Å². The number of aliphatic hydroxyl groups is 1. The van der Waals surface area contributed by atoms with Crippen LogP contribution in [0.5, 0.6) is 0 Å². The Morgan fingerprint density at radius 1 is 1.64 bits per heavy atom. The Morgan fingerprint density at radius 3 is 3.14 bits per heavy atom. The lowest BCUT2D eigenvalue weighted by molar-refractivity contribution is 0.121. The Morgan fingerprint density at radius 2 is 2.50 bits per heavy atom. The molecule has 0 spiro atoms. The maximum atomic E-state index is 8.72. The Bertz CT molecular complexity index is 171. The van der Waals surface area contributed by atoms with Gasteiger partial charge in [0.05, 0.1) is 6.26 Å². The first-order valence-corrected chi connectivity index (χ1v) is 5.45. The predicted molar refractivity (Wildman–Crippen MR) is 57.0 cm³/mol. The van der Waals surface area contributed by atoms with E-state index in [1.807, 2.05) is 0 Å². The van der Waals surface area contributed by atoms with E-state index in [4.69, 9.17) is 9.84 Å². The molecule has 0 aliphatic carbocycles. The second kappa shape index (κ2) is 6.85. The van der Waals surface area contributed by atoms with Crippen molar-refractivity contribution >= 4 is 0 Å². The zero-order valence-electron chi connectivity index (χ0n) is 8.91. The van der Waals surface area contributed by atoms with Gasteiger partial charge in [-0.2, -0.15) is 0 Å². The van der Waals surface area contributed by atoms with Crippen molar-refractivity contribution in [2.45, 2.75) is 32.3 Å². The van der Waals surface area contributed by atoms with Crippen molar-refractivity contribution < 1.29 is 9.84 Å². The molecule has 0 aromatic carbocycles. The molecular formula is C11H21NO2. The second-order valence-electron chi connectivity index (χ2n) is 3.98. The molecule has 0 bridgehead atoms. The van der Waals surface area contributed by atoms with Crippen LogP contribution in [0, 0.1) is 5.92 Å². The number of rotatable bonds is 6. The SMILES string of the molecule is CC(CCO)CNCC1CCC=CO1. The van der Waals surface area contributed by atoms with Gasteiger partial charge >= 0.3 is 0 Å². The first-order chi connectivity index (χ1) is 6.83. The molecule has 2 unspecified atom stereocenters. The van der Waals surface area contributed by atoms with Gasteiger partial charge in [-0.05, 0) is 37.8 Å². The molecule has 0 radical (unpaired) electrons. The minimum Gasteiger partial charge on any atom is -0.497 e. The van der Waals surface area contributed by atoms with Crippen molar-refractivity contribution in [3.05, 3.63) is 12.3 Å². The summed E-state index contributed by atoms with van der Waals surface area (Å²) in [7, 11) is 0. The highest BCUT2D eigenvalue weighted by atomic mass is 16.5. The molecule has 1 aliphatic rings. The van der Waals surface area contributed by atoms with Gasteiger partial charge in [-0.1, -0.05) is 6.92 Å². The second-order valence-corrected chi connectivity index (χ2v) is 3.98. The molecule has 1 aliphatic heterocycles. The molecular weight excluding hydrogens is 178 g/mol. The Labute approximate surface area is 86.2 Å². The topological polar surface area (TPSA) is 41.5 Å². The van der Waals surface area contributed by atoms with Gasteiger partial charge in [-0.15, -0.1) is 0 Å². The number of hydrogen-bond acceptors (Lipinski definition) is 3. The largest absolute Gasteiger partial charge is 0.497 e. The van der Waals surface area contributed by atoms with Crippen molar-refractivity contribution in [1.29, 1.82) is 0 Å². The monoisotopic (exact) mass is 199 g/mol. The lowest BCUT2D eigenvalue weighted by Crippen LogP contribution is -2.32. The van der Waals surface area contributed by atoms with E-state index < -0.39 is 0 Å². The summed E-state index contributed by atoms with van der Waals surface area (Å²) in [4.78, 5) is 0. The predicted octanol–water partition coefficient (Wildman–Crippen LogP) is 1.29. The molecule has 0 fully saturated rings. The summed E-state index contributed by atoms with van der Waals surface area (Å²) in [6.07, 6.45) is 7.30. The number of allylic oxidation sites excluding steroid dienone is 1. The molecule has 1 heterocycles. The van der Waals surface area contributed by atoms with Crippen LogP contribution in [0.1, 0.15) is 26.2 Å². The molecule has 2 atom stereocenters. The van der Waals surface area contributed by atoms with E-state index in [1.165, 1.54) is 0 Å². The average Bonchev–Trinajstić information content (AvgIpc) is 2.20. The number of aliphatic hydroxyl groups excluding tert-OH is 1. The lowest BCUT2D eigenvalue weighted by Gasteiger charge is -2.20. The van der Waals surface area contributed by atoms with Crippen LogP contribution < -0.4 is 5.32 Å². The summed E-state index contributed by atoms with van der Waals surface area (Å²) in [5.74, 6) is 0.541. The number of hydrogen-bond donors (Lipinski definition) is 2. The summed E-state index contributed by atoms with van der Waals surface area (Å²) >= 11 is 0. The third-order valence-electron chi connectivity index (χ3n) is 2.51. The normalized spacial score (nSPS) is 23.1. The zero-order chi connectivity index (χ0) is 10.2. The first-order valence-electron chi connectivity index (χ1n) is 5.45. The van der Waals surface area contributed by atoms with Crippen LogP contribution in [0.15, 0.2) is 12.3 Å². The van der Waals surface area contributed by atoms with E-state index >= 15 is 0 Å². The van der Waals surface area contributed by atoms with Crippen LogP contribution in [-0.4, -0.2) is 30.9 Å². The van der Waals surface area contributed by atoms with Gasteiger partial charge in [0.1, 0.15) is 6.10 Å². The van der Waals surface area contributed by atoms with Crippen molar-refractivity contribution in [1.82, 2.24) is 5.32 Å². The highest BCUT2D eigenvalue weighted by Gasteiger charge is 2.10. The fourth-order valence-corrected chi connectivity index (χ4v) is 1.55. The number of nitrogens with one attached hydrogen (secondary N) is 1. The van der Waals surface area contributed by atoms with Gasteiger partial charge < -0.3 is 15.2 Å². The van der Waals surface area contributed by atoms with Crippen LogP contribution >= 0.6 is 0 Å². The highest BCUT2D eigenvalue weighted by Crippen LogP contribution is 2.09. The van der Waals surface area contributed by atoms with E-state index in [2.05, 4.69) is 18.3 Å². The molecule has 0 amide bonds. The van der Waals surface area contributed by atoms with Crippen LogP contribution in [-0.2, 0) is 4.74 Å². The van der Waals surface area contributed by atoms with Crippen molar-refractivity contribution in [2.75, 3.05) is 19.7 Å². The van der Waals surface area contributed by atoms with Crippen molar-refractivity contribution in [3.8, 4) is 0 Å². The van der Waals surface area contributed by atoms with Gasteiger partial charge in [0.25, 0.3) is 0 Å². The third-order valence-corrected chi connectivity index (χ3v) is 2.51. The average molecular weight is 199 g/mol. The van der Waals surface area contributed by atoms with E-state index in [0.29, 0.717) is 12.0 Å². The molecule has 0 saturated carbocycles. The minimum atomic E-state index is 0.283. The molecule has 82 valence electrons. The smallest absolute Gasteiger partial charge is 0.110 e. The molecule has 3 heteroatoms. The molecule has 0 aromatic rings. The minimum absolute atomic E-state index is 0.283. The van der Waals surface area contributed by atoms with E-state index in [0.717, 1.165) is 32.4 Å². The molecule has 0 aromatic heterocycles. The van der Waals surface area contributed by atoms with Crippen molar-refractivity contribution in [2.24, 2.45) is 5.92 Å². The molecule has 2 N–H and O–H groups in total. The quantitative estimate of drug-likeness (QED) is 0.677. The van der Waals surface area contributed by atoms with E-state index in [9.17, 15) is 0 Å². The summed E-state index contributed by atoms with van der Waals surface area (Å²) < 4.78 is 5.43. The van der Waals surface area contributed by atoms with E-state index in [1.54, 1.807) is 6.26 Å². The summed E-state index contributed by atoms with van der Waals surface area (Å²) in [5, 5.41) is 12.1. The third kappa shape index (κ3) is 4.63. The molecule has 14 heavy (non-hydrogen) atoms. The van der Waals surface area contributed by atoms with Gasteiger partial charge in [0, 0.05) is 13.2 Å². The summed E-state index contributed by atoms with van der Waals surface area (Å²) in [6, 6.07) is 0. The fraction of sp³-hybridized carbons (Fsp3) is 0.818. The van der Waals surface area contributed by atoms with Crippen molar-refractivity contribution in [3.63, 3.8) is 0 Å².